The van der Waals surface area contributed by atoms with Gasteiger partial charge in [-0.15, -0.1) is 0 Å². The molecule has 64 valence electrons. The Morgan fingerprint density at radius 1 is 1.09 bits per heavy atom. The average Bonchev–Trinajstić information content (AvgIpc) is 1.53. The van der Waals surface area contributed by atoms with Gasteiger partial charge in [-0.1, -0.05) is 0 Å². The number of rotatable bonds is 4. The van der Waals surface area contributed by atoms with Crippen molar-refractivity contribution < 1.29 is 18.4 Å². The van der Waals surface area contributed by atoms with Crippen LogP contribution in [0.1, 0.15) is 12.8 Å². The lowest BCUT2D eigenvalue weighted by Crippen LogP contribution is -2.21. The fraction of sp³-hybridized carbons (Fsp3) is 0.600. The molecule has 11 heavy (non-hydrogen) atoms. The van der Waals surface area contributed by atoms with Gasteiger partial charge in [0, 0.05) is 0 Å². The summed E-state index contributed by atoms with van der Waals surface area (Å²) in [6.07, 6.45) is -2.32. The molecule has 0 rings (SSSR count). The molecule has 0 aliphatic heterocycles. The molecule has 0 amide bonds. The highest BCUT2D eigenvalue weighted by atomic mass is 35.5. The van der Waals surface area contributed by atoms with Crippen LogP contribution in [0.3, 0.4) is 0 Å². The molecule has 0 aromatic heterocycles. The van der Waals surface area contributed by atoms with Crippen molar-refractivity contribution in [2.45, 2.75) is 18.8 Å². The second-order valence-corrected chi connectivity index (χ2v) is 2.76. The summed E-state index contributed by atoms with van der Waals surface area (Å²) in [6.45, 7) is 0. The van der Waals surface area contributed by atoms with Crippen LogP contribution in [-0.2, 0) is 9.59 Å². The summed E-state index contributed by atoms with van der Waals surface area (Å²) >= 11 is 9.34. The fourth-order valence-corrected chi connectivity index (χ4v) is 0.860. The summed E-state index contributed by atoms with van der Waals surface area (Å²) in [4.78, 5) is 19.9. The van der Waals surface area contributed by atoms with Gasteiger partial charge in [0.1, 0.15) is 0 Å². The van der Waals surface area contributed by atoms with Gasteiger partial charge in [0.15, 0.2) is 0 Å². The minimum atomic E-state index is -3.42. The molecule has 0 fully saturated rings. The van der Waals surface area contributed by atoms with E-state index in [0.717, 1.165) is 0 Å². The van der Waals surface area contributed by atoms with Crippen LogP contribution in [0.15, 0.2) is 0 Å². The molecule has 2 nitrogen and oxygen atoms in total. The highest BCUT2D eigenvalue weighted by Crippen LogP contribution is 2.24. The van der Waals surface area contributed by atoms with E-state index in [1.807, 2.05) is 0 Å². The minimum absolute atomic E-state index is 1.16. The first-order valence-electron chi connectivity index (χ1n) is 2.58. The van der Waals surface area contributed by atoms with E-state index in [9.17, 15) is 18.4 Å². The highest BCUT2D eigenvalue weighted by Gasteiger charge is 2.33. The topological polar surface area (TPSA) is 34.1 Å². The van der Waals surface area contributed by atoms with E-state index >= 15 is 0 Å². The number of halogens is 4. The molecule has 0 saturated heterocycles. The van der Waals surface area contributed by atoms with Crippen LogP contribution in [-0.4, -0.2) is 16.4 Å². The van der Waals surface area contributed by atoms with Crippen molar-refractivity contribution in [2.24, 2.45) is 0 Å². The molecule has 0 spiro atoms. The van der Waals surface area contributed by atoms with E-state index in [1.54, 1.807) is 0 Å². The molecule has 0 saturated carbocycles. The molecule has 0 radical (unpaired) electrons. The van der Waals surface area contributed by atoms with Crippen molar-refractivity contribution >= 4 is 33.7 Å². The maximum atomic E-state index is 12.3. The predicted octanol–water partition coefficient (Wildman–Crippen LogP) is 1.93. The van der Waals surface area contributed by atoms with Gasteiger partial charge >= 0.3 is 0 Å². The quantitative estimate of drug-likeness (QED) is 0.657. The number of carbonyl (C=O) groups excluding carboxylic acids is 2. The summed E-state index contributed by atoms with van der Waals surface area (Å²) in [7, 11) is 0. The van der Waals surface area contributed by atoms with Crippen LogP contribution < -0.4 is 0 Å². The Morgan fingerprint density at radius 3 is 1.55 bits per heavy atom. The number of carbonyl (C=O) groups is 2. The second-order valence-electron chi connectivity index (χ2n) is 1.92. The van der Waals surface area contributed by atoms with Gasteiger partial charge in [0.05, 0.1) is 12.8 Å². The van der Waals surface area contributed by atoms with Gasteiger partial charge in [-0.25, -0.2) is 8.78 Å². The molecule has 0 atom stereocenters. The van der Waals surface area contributed by atoms with Gasteiger partial charge in [0.25, 0.3) is 5.92 Å². The molecule has 0 N–H and O–H groups in total. The summed E-state index contributed by atoms with van der Waals surface area (Å²) in [5.74, 6) is -3.42. The van der Waals surface area contributed by atoms with E-state index in [2.05, 4.69) is 23.2 Å². The molecule has 0 aromatic carbocycles. The third-order valence-corrected chi connectivity index (χ3v) is 1.06. The van der Waals surface area contributed by atoms with Crippen molar-refractivity contribution in [1.29, 1.82) is 0 Å². The Morgan fingerprint density at radius 2 is 1.36 bits per heavy atom. The third kappa shape index (κ3) is 6.19. The zero-order chi connectivity index (χ0) is 9.07. The Labute approximate surface area is 71.5 Å². The highest BCUT2D eigenvalue weighted by molar-refractivity contribution is 6.64. The lowest BCUT2D eigenvalue weighted by Gasteiger charge is -2.09. The molecule has 0 heterocycles. The van der Waals surface area contributed by atoms with E-state index in [1.165, 1.54) is 0 Å². The van der Waals surface area contributed by atoms with E-state index < -0.39 is 29.2 Å². The summed E-state index contributed by atoms with van der Waals surface area (Å²) in [5.41, 5.74) is 0. The maximum Gasteiger partial charge on any atom is 0.264 e. The van der Waals surface area contributed by atoms with Gasteiger partial charge in [0.2, 0.25) is 10.5 Å². The zero-order valence-electron chi connectivity index (χ0n) is 5.24. The van der Waals surface area contributed by atoms with Crippen LogP contribution >= 0.6 is 23.2 Å². The van der Waals surface area contributed by atoms with Crippen LogP contribution in [0.4, 0.5) is 8.78 Å². The Balaban J connectivity index is 3.99. The molecule has 6 heteroatoms. The largest absolute Gasteiger partial charge is 0.281 e. The first-order chi connectivity index (χ1) is 4.83. The number of hydrogen-bond acceptors (Lipinski definition) is 2. The Bertz CT molecular complexity index is 163. The normalized spacial score (nSPS) is 11.3. The summed E-state index contributed by atoms with van der Waals surface area (Å²) in [5, 5.41) is -2.37. The van der Waals surface area contributed by atoms with Gasteiger partial charge in [-0.05, 0) is 23.2 Å². The molecular formula is C5H4Cl2F2O2. The smallest absolute Gasteiger partial charge is 0.264 e. The van der Waals surface area contributed by atoms with Crippen molar-refractivity contribution in [1.82, 2.24) is 0 Å². The van der Waals surface area contributed by atoms with Crippen LogP contribution in [0.2, 0.25) is 0 Å². The first kappa shape index (κ1) is 10.8. The number of hydrogen-bond donors (Lipinski definition) is 0. The average molecular weight is 205 g/mol. The zero-order valence-corrected chi connectivity index (χ0v) is 6.75. The summed E-state index contributed by atoms with van der Waals surface area (Å²) in [6, 6.07) is 0. The van der Waals surface area contributed by atoms with Crippen molar-refractivity contribution in [3.63, 3.8) is 0 Å². The SMILES string of the molecule is O=C(Cl)CC(F)(F)CC(=O)Cl. The Kier molecular flexibility index (Phi) is 3.89. The monoisotopic (exact) mass is 204 g/mol. The molecule has 0 aliphatic carbocycles. The van der Waals surface area contributed by atoms with Crippen molar-refractivity contribution in [3.8, 4) is 0 Å². The standard InChI is InChI=1S/C5H4Cl2F2O2/c6-3(10)1-5(8,9)2-4(7)11/h1-2H2. The molecule has 0 aliphatic rings. The molecule has 0 aromatic rings. The van der Waals surface area contributed by atoms with Crippen LogP contribution in [0.25, 0.3) is 0 Å². The van der Waals surface area contributed by atoms with Gasteiger partial charge < -0.3 is 0 Å². The lowest BCUT2D eigenvalue weighted by atomic mass is 10.2. The number of alkyl halides is 2. The van der Waals surface area contributed by atoms with Gasteiger partial charge in [-0.3, -0.25) is 9.59 Å². The van der Waals surface area contributed by atoms with E-state index in [4.69, 9.17) is 0 Å². The molecule has 0 unspecified atom stereocenters. The minimum Gasteiger partial charge on any atom is -0.281 e. The molecule has 0 bridgehead atoms. The second kappa shape index (κ2) is 3.97. The van der Waals surface area contributed by atoms with E-state index in [0.29, 0.717) is 0 Å². The van der Waals surface area contributed by atoms with E-state index in [-0.39, 0.29) is 0 Å². The van der Waals surface area contributed by atoms with Crippen molar-refractivity contribution in [2.75, 3.05) is 0 Å². The maximum absolute atomic E-state index is 12.3. The lowest BCUT2D eigenvalue weighted by molar-refractivity contribution is -0.124. The van der Waals surface area contributed by atoms with Crippen LogP contribution in [0.5, 0.6) is 0 Å². The summed E-state index contributed by atoms with van der Waals surface area (Å²) < 4.78 is 24.6. The fourth-order valence-electron chi connectivity index (χ4n) is 0.469. The Hall–Kier alpha value is -0.220. The predicted molar refractivity (Wildman–Crippen MR) is 35.9 cm³/mol. The molecular weight excluding hydrogens is 201 g/mol. The third-order valence-electron chi connectivity index (χ3n) is 0.795. The van der Waals surface area contributed by atoms with Crippen molar-refractivity contribution in [3.05, 3.63) is 0 Å². The van der Waals surface area contributed by atoms with Crippen LogP contribution in [0, 0.1) is 0 Å². The first-order valence-corrected chi connectivity index (χ1v) is 3.33. The van der Waals surface area contributed by atoms with Gasteiger partial charge in [-0.2, -0.15) is 0 Å².